The maximum atomic E-state index is 6.20. The first-order valence-corrected chi connectivity index (χ1v) is 8.13. The summed E-state index contributed by atoms with van der Waals surface area (Å²) in [6.07, 6.45) is 2.96. The zero-order valence-electron chi connectivity index (χ0n) is 11.0. The Morgan fingerprint density at radius 2 is 2.10 bits per heavy atom. The summed E-state index contributed by atoms with van der Waals surface area (Å²) in [4.78, 5) is 10.1. The summed E-state index contributed by atoms with van der Waals surface area (Å²) in [5.41, 5.74) is 6.52. The molecule has 1 aliphatic carbocycles. The van der Waals surface area contributed by atoms with Crippen LogP contribution in [0.5, 0.6) is 0 Å². The van der Waals surface area contributed by atoms with Crippen LogP contribution in [0.1, 0.15) is 25.1 Å². The molecule has 2 N–H and O–H groups in total. The Hall–Kier alpha value is -1.28. The zero-order chi connectivity index (χ0) is 13.6. The van der Waals surface area contributed by atoms with Crippen molar-refractivity contribution in [1.82, 2.24) is 15.1 Å². The van der Waals surface area contributed by atoms with Crippen molar-refractivity contribution in [2.24, 2.45) is 5.73 Å². The Kier molecular flexibility index (Phi) is 3.83. The molecule has 1 aliphatic rings. The van der Waals surface area contributed by atoms with Gasteiger partial charge >= 0.3 is 0 Å². The number of rotatable bonds is 3. The van der Waals surface area contributed by atoms with E-state index in [1.807, 2.05) is 16.8 Å². The van der Waals surface area contributed by atoms with Gasteiger partial charge in [0.05, 0.1) is 10.4 Å². The highest BCUT2D eigenvalue weighted by molar-refractivity contribution is 7.20. The van der Waals surface area contributed by atoms with Crippen LogP contribution in [0.4, 0.5) is 0 Å². The topological polar surface area (TPSA) is 77.8 Å². The van der Waals surface area contributed by atoms with Gasteiger partial charge in [0.2, 0.25) is 0 Å². The first-order chi connectivity index (χ1) is 9.74. The van der Waals surface area contributed by atoms with E-state index in [2.05, 4.69) is 21.2 Å². The van der Waals surface area contributed by atoms with Crippen molar-refractivity contribution >= 4 is 35.1 Å². The molecule has 0 amide bonds. The lowest BCUT2D eigenvalue weighted by Gasteiger charge is -2.34. The smallest absolute Gasteiger partial charge is 0.277 e. The number of thiazole rings is 1. The number of halogens is 1. The summed E-state index contributed by atoms with van der Waals surface area (Å²) in [6, 6.07) is 4.07. The predicted molar refractivity (Wildman–Crippen MR) is 85.7 cm³/mol. The monoisotopic (exact) mass is 340 g/mol. The van der Waals surface area contributed by atoms with E-state index in [-0.39, 0.29) is 12.4 Å². The molecule has 3 aromatic heterocycles. The van der Waals surface area contributed by atoms with Crippen LogP contribution in [0.3, 0.4) is 0 Å². The fourth-order valence-electron chi connectivity index (χ4n) is 2.20. The van der Waals surface area contributed by atoms with Gasteiger partial charge in [0.25, 0.3) is 5.89 Å². The highest BCUT2D eigenvalue weighted by atomic mass is 35.5. The molecule has 3 heterocycles. The molecule has 0 aliphatic heterocycles. The van der Waals surface area contributed by atoms with Crippen molar-refractivity contribution in [1.29, 1.82) is 0 Å². The van der Waals surface area contributed by atoms with Gasteiger partial charge in [0.1, 0.15) is 10.7 Å². The largest absolute Gasteiger partial charge is 0.332 e. The first kappa shape index (κ1) is 14.6. The Morgan fingerprint density at radius 3 is 2.76 bits per heavy atom. The first-order valence-electron chi connectivity index (χ1n) is 6.37. The molecule has 21 heavy (non-hydrogen) atoms. The molecule has 0 radical (unpaired) electrons. The second-order valence-electron chi connectivity index (χ2n) is 4.95. The summed E-state index contributed by atoms with van der Waals surface area (Å²) in [5, 5.41) is 8.97. The highest BCUT2D eigenvalue weighted by Crippen LogP contribution is 2.38. The summed E-state index contributed by atoms with van der Waals surface area (Å²) in [5.74, 6) is 1.06. The summed E-state index contributed by atoms with van der Waals surface area (Å²) < 4.78 is 5.31. The van der Waals surface area contributed by atoms with E-state index in [9.17, 15) is 0 Å². The van der Waals surface area contributed by atoms with Crippen molar-refractivity contribution in [2.75, 3.05) is 0 Å². The minimum atomic E-state index is -0.394. The van der Waals surface area contributed by atoms with E-state index in [1.54, 1.807) is 22.7 Å². The Morgan fingerprint density at radius 1 is 1.24 bits per heavy atom. The van der Waals surface area contributed by atoms with Crippen LogP contribution < -0.4 is 5.73 Å². The lowest BCUT2D eigenvalue weighted by atomic mass is 9.77. The quantitative estimate of drug-likeness (QED) is 0.786. The van der Waals surface area contributed by atoms with Gasteiger partial charge in [-0.3, -0.25) is 0 Å². The molecule has 0 saturated heterocycles. The second-order valence-corrected chi connectivity index (χ2v) is 6.75. The van der Waals surface area contributed by atoms with Crippen molar-refractivity contribution in [3.8, 4) is 21.5 Å². The van der Waals surface area contributed by atoms with E-state index in [1.165, 1.54) is 0 Å². The predicted octanol–water partition coefficient (Wildman–Crippen LogP) is 3.68. The minimum absolute atomic E-state index is 0. The number of thiophene rings is 1. The summed E-state index contributed by atoms with van der Waals surface area (Å²) in [6.45, 7) is 0. The molecular weight excluding hydrogens is 328 g/mol. The van der Waals surface area contributed by atoms with E-state index in [4.69, 9.17) is 10.3 Å². The molecule has 8 heteroatoms. The SMILES string of the molecule is Cl.NC1(c2noc(-c3csc(-c4cccs4)n3)n2)CCC1. The molecule has 5 nitrogen and oxygen atoms in total. The molecule has 3 aromatic rings. The molecule has 0 bridgehead atoms. The van der Waals surface area contributed by atoms with Crippen LogP contribution in [0.25, 0.3) is 21.5 Å². The van der Waals surface area contributed by atoms with E-state index in [0.717, 1.165) is 34.8 Å². The van der Waals surface area contributed by atoms with Crippen LogP contribution in [0.15, 0.2) is 27.4 Å². The van der Waals surface area contributed by atoms with Gasteiger partial charge in [-0.1, -0.05) is 11.2 Å². The number of nitrogens with two attached hydrogens (primary N) is 1. The van der Waals surface area contributed by atoms with E-state index in [0.29, 0.717) is 11.7 Å². The Bertz CT molecular complexity index is 733. The van der Waals surface area contributed by atoms with Gasteiger partial charge in [-0.25, -0.2) is 4.98 Å². The molecule has 0 unspecified atom stereocenters. The molecule has 110 valence electrons. The maximum Gasteiger partial charge on any atom is 0.277 e. The van der Waals surface area contributed by atoms with Crippen molar-refractivity contribution in [3.05, 3.63) is 28.7 Å². The van der Waals surface area contributed by atoms with E-state index >= 15 is 0 Å². The number of aromatic nitrogens is 3. The fourth-order valence-corrected chi connectivity index (χ4v) is 3.80. The lowest BCUT2D eigenvalue weighted by molar-refractivity contribution is 0.229. The van der Waals surface area contributed by atoms with Gasteiger partial charge in [0, 0.05) is 5.38 Å². The third-order valence-corrected chi connectivity index (χ3v) is 5.45. The third kappa shape index (κ3) is 2.50. The van der Waals surface area contributed by atoms with Crippen LogP contribution >= 0.6 is 35.1 Å². The molecule has 0 spiro atoms. The molecule has 4 rings (SSSR count). The van der Waals surface area contributed by atoms with Gasteiger partial charge in [0.15, 0.2) is 5.82 Å². The Balaban J connectivity index is 0.00000132. The number of hydrogen-bond acceptors (Lipinski definition) is 7. The molecular formula is C13H13ClN4OS2. The molecule has 0 atom stereocenters. The maximum absolute atomic E-state index is 6.20. The molecule has 0 aromatic carbocycles. The minimum Gasteiger partial charge on any atom is -0.332 e. The van der Waals surface area contributed by atoms with E-state index < -0.39 is 5.54 Å². The summed E-state index contributed by atoms with van der Waals surface area (Å²) in [7, 11) is 0. The zero-order valence-corrected chi connectivity index (χ0v) is 13.4. The number of nitrogens with zero attached hydrogens (tertiary/aromatic N) is 3. The van der Waals surface area contributed by atoms with Crippen LogP contribution in [0.2, 0.25) is 0 Å². The van der Waals surface area contributed by atoms with Crippen molar-refractivity contribution in [2.45, 2.75) is 24.8 Å². The van der Waals surface area contributed by atoms with Crippen LogP contribution in [-0.2, 0) is 5.54 Å². The van der Waals surface area contributed by atoms with Gasteiger partial charge < -0.3 is 10.3 Å². The van der Waals surface area contributed by atoms with Gasteiger partial charge in [-0.2, -0.15) is 4.98 Å². The Labute approximate surface area is 135 Å². The second kappa shape index (κ2) is 5.49. The third-order valence-electron chi connectivity index (χ3n) is 3.57. The highest BCUT2D eigenvalue weighted by Gasteiger charge is 2.39. The number of hydrogen-bond donors (Lipinski definition) is 1. The lowest BCUT2D eigenvalue weighted by Crippen LogP contribution is -2.44. The van der Waals surface area contributed by atoms with Crippen molar-refractivity contribution in [3.63, 3.8) is 0 Å². The van der Waals surface area contributed by atoms with Crippen LogP contribution in [0, 0.1) is 0 Å². The van der Waals surface area contributed by atoms with Gasteiger partial charge in [-0.05, 0) is 30.7 Å². The molecule has 1 fully saturated rings. The standard InChI is InChI=1S/C13H12N4OS2.ClH/c14-13(4-2-5-13)12-16-10(18-17-12)8-7-20-11(15-8)9-3-1-6-19-9;/h1,3,6-7H,2,4-5,14H2;1H. The van der Waals surface area contributed by atoms with Crippen LogP contribution in [-0.4, -0.2) is 15.1 Å². The average molecular weight is 341 g/mol. The average Bonchev–Trinajstić information content (AvgIpc) is 3.13. The molecule has 1 saturated carbocycles. The summed E-state index contributed by atoms with van der Waals surface area (Å²) >= 11 is 3.25. The fraction of sp³-hybridized carbons (Fsp3) is 0.308. The van der Waals surface area contributed by atoms with Gasteiger partial charge in [-0.15, -0.1) is 35.1 Å². The normalized spacial score (nSPS) is 16.2. The van der Waals surface area contributed by atoms with Crippen molar-refractivity contribution < 1.29 is 4.52 Å².